The Hall–Kier alpha value is -1.55. The van der Waals surface area contributed by atoms with Crippen molar-refractivity contribution >= 4 is 11.6 Å². The molecule has 2 rings (SSSR count). The summed E-state index contributed by atoms with van der Waals surface area (Å²) in [6, 6.07) is 4.47. The summed E-state index contributed by atoms with van der Waals surface area (Å²) < 4.78 is 23.6. The van der Waals surface area contributed by atoms with Crippen molar-refractivity contribution < 1.29 is 13.5 Å². The summed E-state index contributed by atoms with van der Waals surface area (Å²) in [5.41, 5.74) is 0.865. The van der Waals surface area contributed by atoms with E-state index in [-0.39, 0.29) is 17.3 Å². The molecule has 0 amide bonds. The van der Waals surface area contributed by atoms with Crippen LogP contribution in [0.1, 0.15) is 5.69 Å². The first kappa shape index (κ1) is 11.0. The lowest BCUT2D eigenvalue weighted by molar-refractivity contribution is 0.411. The van der Waals surface area contributed by atoms with Crippen LogP contribution in [0, 0.1) is 5.82 Å². The predicted molar refractivity (Wildman–Crippen MR) is 58.0 cm³/mol. The fraction of sp³-hybridized carbons (Fsp3) is 0.182. The van der Waals surface area contributed by atoms with Crippen molar-refractivity contribution in [1.29, 1.82) is 0 Å². The van der Waals surface area contributed by atoms with Crippen LogP contribution in [-0.4, -0.2) is 12.1 Å². The number of aromatic nitrogens is 1. The van der Waals surface area contributed by atoms with Crippen molar-refractivity contribution in [3.8, 4) is 17.2 Å². The number of methoxy groups -OCH3 is 1. The van der Waals surface area contributed by atoms with Gasteiger partial charge in [-0.2, -0.15) is 0 Å². The minimum absolute atomic E-state index is 0.218. The van der Waals surface area contributed by atoms with Gasteiger partial charge in [0.1, 0.15) is 17.8 Å². The van der Waals surface area contributed by atoms with Gasteiger partial charge < -0.3 is 9.15 Å². The van der Waals surface area contributed by atoms with Crippen molar-refractivity contribution in [2.45, 2.75) is 5.88 Å². The molecule has 5 heteroatoms. The molecule has 0 N–H and O–H groups in total. The highest BCUT2D eigenvalue weighted by Crippen LogP contribution is 2.25. The highest BCUT2D eigenvalue weighted by atomic mass is 35.5. The second-order valence-electron chi connectivity index (χ2n) is 3.12. The van der Waals surface area contributed by atoms with Crippen LogP contribution >= 0.6 is 11.6 Å². The molecule has 3 nitrogen and oxygen atoms in total. The van der Waals surface area contributed by atoms with Crippen LogP contribution in [-0.2, 0) is 5.88 Å². The van der Waals surface area contributed by atoms with E-state index in [0.717, 1.165) is 0 Å². The fourth-order valence-corrected chi connectivity index (χ4v) is 1.41. The molecule has 1 heterocycles. The standard InChI is InChI=1S/C11H9ClFNO2/c1-15-8-2-3-9(10(13)4-8)11-14-7(5-12)6-16-11/h2-4,6H,5H2,1H3. The van der Waals surface area contributed by atoms with E-state index in [9.17, 15) is 4.39 Å². The van der Waals surface area contributed by atoms with Gasteiger partial charge in [0.25, 0.3) is 0 Å². The number of oxazole rings is 1. The molecule has 0 radical (unpaired) electrons. The molecule has 0 spiro atoms. The first-order chi connectivity index (χ1) is 7.74. The molecule has 0 saturated carbocycles. The Morgan fingerprint density at radius 3 is 2.88 bits per heavy atom. The van der Waals surface area contributed by atoms with Crippen molar-refractivity contribution in [3.05, 3.63) is 36.0 Å². The number of hydrogen-bond acceptors (Lipinski definition) is 3. The third kappa shape index (κ3) is 2.02. The molecule has 1 aromatic heterocycles. The van der Waals surface area contributed by atoms with Crippen molar-refractivity contribution in [3.63, 3.8) is 0 Å². The Labute approximate surface area is 96.8 Å². The van der Waals surface area contributed by atoms with Crippen LogP contribution in [0.2, 0.25) is 0 Å². The third-order valence-electron chi connectivity index (χ3n) is 2.10. The van der Waals surface area contributed by atoms with Gasteiger partial charge in [-0.15, -0.1) is 11.6 Å². The molecule has 84 valence electrons. The zero-order valence-corrected chi connectivity index (χ0v) is 9.29. The summed E-state index contributed by atoms with van der Waals surface area (Å²) in [4.78, 5) is 4.04. The van der Waals surface area contributed by atoms with E-state index in [0.29, 0.717) is 11.4 Å². The fourth-order valence-electron chi connectivity index (χ4n) is 1.29. The second-order valence-corrected chi connectivity index (χ2v) is 3.39. The number of halogens is 2. The average molecular weight is 242 g/mol. The number of benzene rings is 1. The summed E-state index contributed by atoms with van der Waals surface area (Å²) in [5.74, 6) is 0.463. The molecular formula is C11H9ClFNO2. The maximum Gasteiger partial charge on any atom is 0.229 e. The Morgan fingerprint density at radius 2 is 2.31 bits per heavy atom. The van der Waals surface area contributed by atoms with Gasteiger partial charge >= 0.3 is 0 Å². The molecule has 0 atom stereocenters. The topological polar surface area (TPSA) is 35.3 Å². The van der Waals surface area contributed by atoms with Crippen LogP contribution in [0.15, 0.2) is 28.9 Å². The quantitative estimate of drug-likeness (QED) is 0.774. The molecule has 0 bridgehead atoms. The van der Waals surface area contributed by atoms with E-state index in [4.69, 9.17) is 20.8 Å². The Balaban J connectivity index is 2.40. The monoisotopic (exact) mass is 241 g/mol. The Morgan fingerprint density at radius 1 is 1.50 bits per heavy atom. The van der Waals surface area contributed by atoms with E-state index in [2.05, 4.69) is 4.98 Å². The maximum atomic E-state index is 13.6. The second kappa shape index (κ2) is 4.53. The number of hydrogen-bond donors (Lipinski definition) is 0. The normalized spacial score (nSPS) is 10.4. The molecule has 1 aromatic carbocycles. The summed E-state index contributed by atoms with van der Waals surface area (Å²) in [6.45, 7) is 0. The highest BCUT2D eigenvalue weighted by Gasteiger charge is 2.12. The number of alkyl halides is 1. The molecule has 0 aliphatic rings. The zero-order valence-electron chi connectivity index (χ0n) is 8.54. The third-order valence-corrected chi connectivity index (χ3v) is 2.37. The largest absolute Gasteiger partial charge is 0.497 e. The highest BCUT2D eigenvalue weighted by molar-refractivity contribution is 6.16. The average Bonchev–Trinajstić information content (AvgIpc) is 2.77. The van der Waals surface area contributed by atoms with Gasteiger partial charge in [-0.1, -0.05) is 0 Å². The lowest BCUT2D eigenvalue weighted by Crippen LogP contribution is -1.88. The summed E-state index contributed by atoms with van der Waals surface area (Å²) in [7, 11) is 1.48. The number of ether oxygens (including phenoxy) is 1. The first-order valence-corrected chi connectivity index (χ1v) is 5.12. The maximum absolute atomic E-state index is 13.6. The first-order valence-electron chi connectivity index (χ1n) is 4.59. The van der Waals surface area contributed by atoms with Gasteiger partial charge in [0.2, 0.25) is 5.89 Å². The lowest BCUT2D eigenvalue weighted by Gasteiger charge is -2.01. The minimum Gasteiger partial charge on any atom is -0.497 e. The van der Waals surface area contributed by atoms with Crippen LogP contribution in [0.5, 0.6) is 5.75 Å². The molecule has 0 aliphatic carbocycles. The number of nitrogens with zero attached hydrogens (tertiary/aromatic N) is 1. The zero-order chi connectivity index (χ0) is 11.5. The van der Waals surface area contributed by atoms with Gasteiger partial charge in [-0.25, -0.2) is 9.37 Å². The molecule has 0 saturated heterocycles. The Kier molecular flexibility index (Phi) is 3.10. The molecular weight excluding hydrogens is 233 g/mol. The lowest BCUT2D eigenvalue weighted by atomic mass is 10.2. The van der Waals surface area contributed by atoms with Crippen molar-refractivity contribution in [2.24, 2.45) is 0 Å². The van der Waals surface area contributed by atoms with Gasteiger partial charge in [-0.05, 0) is 12.1 Å². The van der Waals surface area contributed by atoms with E-state index < -0.39 is 5.82 Å². The van der Waals surface area contributed by atoms with Crippen LogP contribution < -0.4 is 4.74 Å². The van der Waals surface area contributed by atoms with E-state index >= 15 is 0 Å². The van der Waals surface area contributed by atoms with Crippen molar-refractivity contribution in [2.75, 3.05) is 7.11 Å². The minimum atomic E-state index is -0.442. The molecule has 2 aromatic rings. The van der Waals surface area contributed by atoms with Crippen molar-refractivity contribution in [1.82, 2.24) is 4.98 Å². The SMILES string of the molecule is COc1ccc(-c2nc(CCl)co2)c(F)c1. The van der Waals surface area contributed by atoms with E-state index in [1.807, 2.05) is 0 Å². The van der Waals surface area contributed by atoms with E-state index in [1.165, 1.54) is 19.4 Å². The van der Waals surface area contributed by atoms with Gasteiger partial charge in [0.15, 0.2) is 0 Å². The smallest absolute Gasteiger partial charge is 0.229 e. The van der Waals surface area contributed by atoms with Crippen LogP contribution in [0.25, 0.3) is 11.5 Å². The van der Waals surface area contributed by atoms with E-state index in [1.54, 1.807) is 12.1 Å². The molecule has 0 fully saturated rings. The summed E-state index contributed by atoms with van der Waals surface area (Å²) >= 11 is 5.58. The Bertz CT molecular complexity index is 498. The van der Waals surface area contributed by atoms with Crippen LogP contribution in [0.4, 0.5) is 4.39 Å². The van der Waals surface area contributed by atoms with Gasteiger partial charge in [0.05, 0.1) is 24.2 Å². The predicted octanol–water partition coefficient (Wildman–Crippen LogP) is 3.23. The summed E-state index contributed by atoms with van der Waals surface area (Å²) in [6.07, 6.45) is 1.41. The van der Waals surface area contributed by atoms with Crippen LogP contribution in [0.3, 0.4) is 0 Å². The molecule has 0 aliphatic heterocycles. The molecule has 16 heavy (non-hydrogen) atoms. The molecule has 0 unspecified atom stereocenters. The van der Waals surface area contributed by atoms with Gasteiger partial charge in [0, 0.05) is 6.07 Å². The summed E-state index contributed by atoms with van der Waals surface area (Å²) in [5, 5.41) is 0. The van der Waals surface area contributed by atoms with Gasteiger partial charge in [-0.3, -0.25) is 0 Å². The number of rotatable bonds is 3.